The van der Waals surface area contributed by atoms with E-state index in [1.807, 2.05) is 31.2 Å². The van der Waals surface area contributed by atoms with Crippen LogP contribution in [0.3, 0.4) is 0 Å². The van der Waals surface area contributed by atoms with E-state index < -0.39 is 11.9 Å². The van der Waals surface area contributed by atoms with Crippen LogP contribution in [0, 0.1) is 6.92 Å². The minimum Gasteiger partial charge on any atom is -0.461 e. The molecule has 0 aliphatic carbocycles. The van der Waals surface area contributed by atoms with Crippen LogP contribution in [-0.4, -0.2) is 80.0 Å². The topological polar surface area (TPSA) is 129 Å². The summed E-state index contributed by atoms with van der Waals surface area (Å²) in [6, 6.07) is 10.9. The second kappa shape index (κ2) is 11.3. The Labute approximate surface area is 253 Å². The number of aryl methyl sites for hydroxylation is 1. The number of hydrogen-bond donors (Lipinski definition) is 0. The minimum atomic E-state index is -0.641. The molecule has 0 spiro atoms. The summed E-state index contributed by atoms with van der Waals surface area (Å²) in [6.45, 7) is 6.00. The SMILES string of the molecule is C=Cc1ccc2c(c1)C(=O)N(C)Cc1c(C(=O)OCCCOC(=O)c3ncn4c3CN(C)C(=O)c3cc(C)ccc3-4)ncn1-2. The summed E-state index contributed by atoms with van der Waals surface area (Å²) >= 11 is 0. The Bertz CT molecular complexity index is 1850. The first kappa shape index (κ1) is 28.6. The van der Waals surface area contributed by atoms with Crippen LogP contribution in [0.25, 0.3) is 17.5 Å². The highest BCUT2D eigenvalue weighted by molar-refractivity contribution is 6.00. The van der Waals surface area contributed by atoms with Gasteiger partial charge in [-0.3, -0.25) is 18.7 Å². The van der Waals surface area contributed by atoms with Crippen LogP contribution in [0.4, 0.5) is 0 Å². The molecule has 0 radical (unpaired) electrons. The molecule has 0 saturated carbocycles. The Morgan fingerprint density at radius 3 is 1.84 bits per heavy atom. The molecule has 0 N–H and O–H groups in total. The van der Waals surface area contributed by atoms with Crippen molar-refractivity contribution in [3.8, 4) is 11.4 Å². The molecule has 0 fully saturated rings. The van der Waals surface area contributed by atoms with Crippen LogP contribution < -0.4 is 0 Å². The fraction of sp³-hybridized carbons (Fsp3) is 0.250. The van der Waals surface area contributed by atoms with Crippen molar-refractivity contribution in [1.82, 2.24) is 28.9 Å². The van der Waals surface area contributed by atoms with E-state index in [2.05, 4.69) is 16.5 Å². The van der Waals surface area contributed by atoms with Crippen molar-refractivity contribution in [2.75, 3.05) is 27.3 Å². The van der Waals surface area contributed by atoms with E-state index in [1.165, 1.54) is 22.5 Å². The molecule has 6 rings (SSSR count). The molecule has 2 aliphatic rings. The Morgan fingerprint density at radius 1 is 0.818 bits per heavy atom. The Balaban J connectivity index is 1.09. The molecule has 4 heterocycles. The highest BCUT2D eigenvalue weighted by atomic mass is 16.5. The van der Waals surface area contributed by atoms with Gasteiger partial charge >= 0.3 is 11.9 Å². The fourth-order valence-corrected chi connectivity index (χ4v) is 5.43. The molecule has 0 unspecified atom stereocenters. The summed E-state index contributed by atoms with van der Waals surface area (Å²) < 4.78 is 14.4. The third-order valence-electron chi connectivity index (χ3n) is 7.73. The first-order valence-electron chi connectivity index (χ1n) is 14.0. The van der Waals surface area contributed by atoms with Gasteiger partial charge < -0.3 is 19.3 Å². The second-order valence-corrected chi connectivity index (χ2v) is 10.8. The number of rotatable bonds is 7. The summed E-state index contributed by atoms with van der Waals surface area (Å²) in [5, 5.41) is 0. The summed E-state index contributed by atoms with van der Waals surface area (Å²) in [4.78, 5) is 63.5. The largest absolute Gasteiger partial charge is 0.461 e. The summed E-state index contributed by atoms with van der Waals surface area (Å²) in [5.41, 5.74) is 5.34. The van der Waals surface area contributed by atoms with Gasteiger partial charge in [0.05, 0.1) is 60.2 Å². The zero-order valence-electron chi connectivity index (χ0n) is 24.6. The first-order chi connectivity index (χ1) is 21.2. The molecular formula is C32H30N6O6. The lowest BCUT2D eigenvalue weighted by molar-refractivity contribution is 0.0385. The van der Waals surface area contributed by atoms with Crippen molar-refractivity contribution in [2.24, 2.45) is 0 Å². The van der Waals surface area contributed by atoms with E-state index in [-0.39, 0.29) is 55.9 Å². The molecule has 12 heteroatoms. The van der Waals surface area contributed by atoms with E-state index in [0.29, 0.717) is 33.9 Å². The van der Waals surface area contributed by atoms with E-state index >= 15 is 0 Å². The van der Waals surface area contributed by atoms with Crippen molar-refractivity contribution in [1.29, 1.82) is 0 Å². The quantitative estimate of drug-likeness (QED) is 0.235. The van der Waals surface area contributed by atoms with Gasteiger partial charge in [-0.2, -0.15) is 0 Å². The lowest BCUT2D eigenvalue weighted by Crippen LogP contribution is -2.26. The lowest BCUT2D eigenvalue weighted by atomic mass is 10.1. The number of carbonyl (C=O) groups excluding carboxylic acids is 4. The summed E-state index contributed by atoms with van der Waals surface area (Å²) in [5.74, 6) is -1.60. The lowest BCUT2D eigenvalue weighted by Gasteiger charge is -2.15. The molecule has 0 bridgehead atoms. The van der Waals surface area contributed by atoms with Crippen LogP contribution in [0.2, 0.25) is 0 Å². The summed E-state index contributed by atoms with van der Waals surface area (Å²) in [7, 11) is 3.33. The van der Waals surface area contributed by atoms with Crippen LogP contribution in [0.15, 0.2) is 55.6 Å². The maximum absolute atomic E-state index is 13.0. The van der Waals surface area contributed by atoms with E-state index in [4.69, 9.17) is 9.47 Å². The highest BCUT2D eigenvalue weighted by Gasteiger charge is 2.30. The molecule has 0 atom stereocenters. The molecular weight excluding hydrogens is 564 g/mol. The molecule has 44 heavy (non-hydrogen) atoms. The minimum absolute atomic E-state index is 0.0134. The van der Waals surface area contributed by atoms with Crippen molar-refractivity contribution in [3.63, 3.8) is 0 Å². The number of fused-ring (bicyclic) bond motifs is 6. The van der Waals surface area contributed by atoms with Crippen molar-refractivity contribution < 1.29 is 28.7 Å². The van der Waals surface area contributed by atoms with Gasteiger partial charge in [0.15, 0.2) is 11.4 Å². The number of benzene rings is 2. The van der Waals surface area contributed by atoms with Gasteiger partial charge in [0.25, 0.3) is 11.8 Å². The van der Waals surface area contributed by atoms with Gasteiger partial charge in [-0.05, 0) is 36.8 Å². The number of ether oxygens (including phenoxy) is 2. The third-order valence-corrected chi connectivity index (χ3v) is 7.73. The standard InChI is InChI=1S/C32H30N6O6/c1-5-20-8-10-24-22(14-20)30(40)36(4)16-26-28(34-18-38(24)26)32(42)44-12-6-11-43-31(41)27-25-15-35(3)29(39)21-13-19(2)7-9-23(21)37(25)17-33-27/h5,7-10,13-14,17-18H,1,6,11-12,15-16H2,2-4H3. The molecule has 2 aromatic carbocycles. The average Bonchev–Trinajstić information content (AvgIpc) is 3.58. The number of nitrogens with zero attached hydrogens (tertiary/aromatic N) is 6. The molecule has 0 saturated heterocycles. The Hall–Kier alpha value is -5.52. The molecule has 2 aliphatic heterocycles. The first-order valence-corrected chi connectivity index (χ1v) is 14.0. The number of carbonyl (C=O) groups is 4. The normalized spacial score (nSPS) is 13.7. The Morgan fingerprint density at radius 2 is 1.32 bits per heavy atom. The maximum atomic E-state index is 13.0. The number of imidazole rings is 2. The van der Waals surface area contributed by atoms with E-state index in [9.17, 15) is 19.2 Å². The van der Waals surface area contributed by atoms with Gasteiger partial charge in [0, 0.05) is 20.5 Å². The fourth-order valence-electron chi connectivity index (χ4n) is 5.43. The highest BCUT2D eigenvalue weighted by Crippen LogP contribution is 2.28. The van der Waals surface area contributed by atoms with Gasteiger partial charge in [0.1, 0.15) is 12.7 Å². The van der Waals surface area contributed by atoms with Gasteiger partial charge in [0.2, 0.25) is 0 Å². The zero-order chi connectivity index (χ0) is 31.1. The van der Waals surface area contributed by atoms with Gasteiger partial charge in [-0.25, -0.2) is 19.6 Å². The number of aromatic nitrogens is 4. The third kappa shape index (κ3) is 4.93. The van der Waals surface area contributed by atoms with E-state index in [1.54, 1.807) is 41.4 Å². The molecule has 4 aromatic rings. The second-order valence-electron chi connectivity index (χ2n) is 10.8. The summed E-state index contributed by atoms with van der Waals surface area (Å²) in [6.07, 6.45) is 4.93. The maximum Gasteiger partial charge on any atom is 0.358 e. The smallest absolute Gasteiger partial charge is 0.358 e. The number of amides is 2. The number of hydrogen-bond acceptors (Lipinski definition) is 8. The van der Waals surface area contributed by atoms with Crippen LogP contribution in [0.5, 0.6) is 0 Å². The van der Waals surface area contributed by atoms with E-state index in [0.717, 1.165) is 11.1 Å². The van der Waals surface area contributed by atoms with Crippen LogP contribution in [-0.2, 0) is 22.6 Å². The van der Waals surface area contributed by atoms with Gasteiger partial charge in [-0.1, -0.05) is 30.4 Å². The van der Waals surface area contributed by atoms with Gasteiger partial charge in [-0.15, -0.1) is 0 Å². The number of esters is 2. The van der Waals surface area contributed by atoms with Crippen molar-refractivity contribution in [2.45, 2.75) is 26.4 Å². The van der Waals surface area contributed by atoms with Crippen LogP contribution in [0.1, 0.15) is 70.6 Å². The average molecular weight is 595 g/mol. The van der Waals surface area contributed by atoms with Crippen LogP contribution >= 0.6 is 0 Å². The molecule has 2 aromatic heterocycles. The Kier molecular flexibility index (Phi) is 7.33. The molecule has 2 amide bonds. The molecule has 12 nitrogen and oxygen atoms in total. The zero-order valence-corrected chi connectivity index (χ0v) is 24.6. The monoisotopic (exact) mass is 594 g/mol. The predicted molar refractivity (Wildman–Crippen MR) is 159 cm³/mol. The predicted octanol–water partition coefficient (Wildman–Crippen LogP) is 3.58. The molecule has 224 valence electrons. The van der Waals surface area contributed by atoms with Crippen molar-refractivity contribution in [3.05, 3.63) is 101 Å². The van der Waals surface area contributed by atoms with Crippen molar-refractivity contribution >= 4 is 29.8 Å².